The fourth-order valence-corrected chi connectivity index (χ4v) is 14.8. The Morgan fingerprint density at radius 3 is 1.73 bits per heavy atom. The summed E-state index contributed by atoms with van der Waals surface area (Å²) in [7, 11) is 1.59. The quantitative estimate of drug-likeness (QED) is 0.0171. The number of thiazole rings is 1. The van der Waals surface area contributed by atoms with Gasteiger partial charge in [0.05, 0.1) is 94.0 Å². The standard InChI is InChI=1S/C20H21N3O4.C19H18N2O4.C17H16N4O4S.C17H20N2O3.C14H13N5O3/c1-20(2,10-11-27-15-6-4-3-5-7-15)23-13-21-17-9-8-14(18(24)22-26)12-16(17)19(23)25;1-25-12-15-11-21(10-13-5-3-2-4-6-13)19(23)17-9-14(18(22)20-24)7-8-16(15)17;22-9-13(23)10-1-2-11-12(7-10)19-15(20-16(11)24)14-8-18-17(26-14)21-3-5-25-6-4-21;20-10-15(21)12-6-7-13-14(9-12)18-16(19-17(13)22)8-11-4-2-1-3-5-11;1-2-19-11(5-6-15-19)12-16-10-7-8(13(20)18-22)3-4-9(10)14(21)17-12/h3-9,12-13,26H,10-11H2,1-2H3,(H,22,24);2-9,11,24H,10,12H2,1H3,(H,20,22);1-2,7-8,22H,3-6,9H2,(H,19,20,24);6-7,9,11,20H,1-5,8,10H2,(H,18,19,22);3-7,22H,2H2,1H3,(H,18,20)(H,16,17,21). The number of methoxy groups -OCH3 is 1. The van der Waals surface area contributed by atoms with Gasteiger partial charge in [0.25, 0.3) is 45.5 Å². The molecule has 34 nitrogen and oxygen atoms in total. The van der Waals surface area contributed by atoms with Crippen molar-refractivity contribution in [2.75, 3.05) is 58.1 Å². The molecule has 122 heavy (non-hydrogen) atoms. The number of fused-ring (bicyclic) bond motifs is 5. The second-order valence-electron chi connectivity index (χ2n) is 29.0. The van der Waals surface area contributed by atoms with E-state index in [-0.39, 0.29) is 50.3 Å². The van der Waals surface area contributed by atoms with Gasteiger partial charge in [0.15, 0.2) is 28.3 Å². The first-order valence-corrected chi connectivity index (χ1v) is 39.8. The number of aromatic nitrogens is 12. The monoisotopic (exact) mass is 1680 g/mol. The molecule has 0 bridgehead atoms. The van der Waals surface area contributed by atoms with Crippen LogP contribution in [0, 0.1) is 5.92 Å². The Balaban J connectivity index is 0.000000140. The van der Waals surface area contributed by atoms with Crippen LogP contribution in [0.4, 0.5) is 5.13 Å². The number of H-pyrrole nitrogens is 3. The van der Waals surface area contributed by atoms with Crippen LogP contribution in [-0.2, 0) is 41.1 Å². The maximum atomic E-state index is 13.0. The average Bonchev–Trinajstić information content (AvgIpc) is 1.87. The van der Waals surface area contributed by atoms with Crippen molar-refractivity contribution < 1.29 is 64.0 Å². The SMILES string of the molecule is CC(C)(CCOc1ccccc1)n1cnc2ccc(C(=O)NO)cc2c1=O.CCn1nccc1-c1nc2cc(C(=O)NO)ccc2c(=O)[nH]1.COCc1cn(Cc2ccccc2)c(=O)c2cc(C(=O)NO)ccc12.O=C(CO)c1ccc2c(=O)[nH]c(-c3cnc(N4CCOCC4)s3)nc2c1.O=C(CO)c1ccc2c(=O)[nH]c(CC3CCCCC3)nc2c1. The topological polar surface area (TPSA) is 478 Å². The van der Waals surface area contributed by atoms with Crippen molar-refractivity contribution in [1.82, 2.24) is 75.2 Å². The molecule has 630 valence electrons. The van der Waals surface area contributed by atoms with Crippen LogP contribution in [0.2, 0.25) is 0 Å². The number of ether oxygens (including phenoxy) is 3. The molecule has 2 fully saturated rings. The summed E-state index contributed by atoms with van der Waals surface area (Å²) < 4.78 is 21.2. The number of carbonyl (C=O) groups is 5. The molecule has 1 saturated carbocycles. The Labute approximate surface area is 698 Å². The minimum atomic E-state index is -0.678. The highest BCUT2D eigenvalue weighted by atomic mass is 32.1. The molecule has 14 aromatic rings. The molecule has 0 unspecified atom stereocenters. The van der Waals surface area contributed by atoms with Crippen LogP contribution in [0.25, 0.3) is 76.6 Å². The Bertz CT molecular complexity index is 6450. The van der Waals surface area contributed by atoms with Gasteiger partial charge in [0.2, 0.25) is 0 Å². The molecule has 11 N–H and O–H groups in total. The number of Topliss-reactive ketones (excluding diaryl/α,β-unsaturated/α-hetero) is 2. The van der Waals surface area contributed by atoms with E-state index in [9.17, 15) is 47.9 Å². The number of ketones is 2. The molecule has 0 spiro atoms. The molecule has 7 aromatic carbocycles. The number of carbonyl (C=O) groups excluding carboxylic acids is 5. The second kappa shape index (κ2) is 40.8. The summed E-state index contributed by atoms with van der Waals surface area (Å²) in [5.41, 5.74) is 8.59. The molecular weight excluding hydrogens is 1590 g/mol. The maximum absolute atomic E-state index is 13.0. The molecule has 8 heterocycles. The third kappa shape index (κ3) is 21.3. The molecule has 2 aliphatic rings. The molecule has 1 saturated heterocycles. The highest BCUT2D eigenvalue weighted by Crippen LogP contribution is 2.31. The van der Waals surface area contributed by atoms with Gasteiger partial charge < -0.3 is 48.8 Å². The van der Waals surface area contributed by atoms with Gasteiger partial charge in [-0.2, -0.15) is 5.10 Å². The van der Waals surface area contributed by atoms with Crippen LogP contribution in [0.1, 0.15) is 128 Å². The minimum absolute atomic E-state index is 0.168. The number of aryl methyl sites for hydroxylation is 1. The van der Waals surface area contributed by atoms with Crippen molar-refractivity contribution in [1.29, 1.82) is 0 Å². The molecule has 3 amide bonds. The number of amides is 3. The van der Waals surface area contributed by atoms with E-state index in [4.69, 9.17) is 40.0 Å². The third-order valence-electron chi connectivity index (χ3n) is 20.5. The number of morpholine rings is 1. The molecule has 0 radical (unpaired) electrons. The van der Waals surface area contributed by atoms with Crippen LogP contribution >= 0.6 is 11.3 Å². The van der Waals surface area contributed by atoms with Crippen molar-refractivity contribution in [3.8, 4) is 28.0 Å². The summed E-state index contributed by atoms with van der Waals surface area (Å²) in [6, 6.07) is 43.9. The van der Waals surface area contributed by atoms with Gasteiger partial charge in [0.1, 0.15) is 30.5 Å². The highest BCUT2D eigenvalue weighted by Gasteiger charge is 2.25. The van der Waals surface area contributed by atoms with Gasteiger partial charge in [-0.25, -0.2) is 41.4 Å². The number of aromatic amines is 3. The molecular formula is C87H88N16O18S. The number of anilines is 1. The normalized spacial score (nSPS) is 12.7. The van der Waals surface area contributed by atoms with E-state index >= 15 is 0 Å². The summed E-state index contributed by atoms with van der Waals surface area (Å²) in [6.07, 6.45) is 14.1. The average molecular weight is 1680 g/mol. The number of aliphatic hydroxyl groups excluding tert-OH is 2. The maximum Gasteiger partial charge on any atom is 0.274 e. The van der Waals surface area contributed by atoms with Crippen LogP contribution < -0.4 is 53.9 Å². The lowest BCUT2D eigenvalue weighted by molar-refractivity contribution is 0.0702. The first kappa shape index (κ1) is 87.5. The van der Waals surface area contributed by atoms with E-state index in [0.29, 0.717) is 135 Å². The van der Waals surface area contributed by atoms with Gasteiger partial charge in [0, 0.05) is 96.3 Å². The minimum Gasteiger partial charge on any atom is -0.494 e. The predicted molar refractivity (Wildman–Crippen MR) is 455 cm³/mol. The van der Waals surface area contributed by atoms with Crippen molar-refractivity contribution in [2.24, 2.45) is 5.92 Å². The molecule has 1 aliphatic carbocycles. The zero-order chi connectivity index (χ0) is 86.6. The van der Waals surface area contributed by atoms with E-state index in [1.165, 1.54) is 98.3 Å². The highest BCUT2D eigenvalue weighted by molar-refractivity contribution is 7.18. The number of rotatable bonds is 22. The third-order valence-corrected chi connectivity index (χ3v) is 21.5. The van der Waals surface area contributed by atoms with E-state index in [1.807, 2.05) is 81.4 Å². The Hall–Kier alpha value is -13.8. The first-order valence-electron chi connectivity index (χ1n) is 38.9. The molecule has 7 aromatic heterocycles. The Morgan fingerprint density at radius 1 is 0.590 bits per heavy atom. The largest absolute Gasteiger partial charge is 0.494 e. The van der Waals surface area contributed by atoms with Gasteiger partial charge in [-0.3, -0.25) is 72.8 Å². The zero-order valence-corrected chi connectivity index (χ0v) is 67.7. The van der Waals surface area contributed by atoms with E-state index < -0.39 is 42.3 Å². The number of hydroxylamine groups is 3. The predicted octanol–water partition coefficient (Wildman–Crippen LogP) is 9.24. The molecule has 1 aliphatic heterocycles. The van der Waals surface area contributed by atoms with Gasteiger partial charge >= 0.3 is 0 Å². The van der Waals surface area contributed by atoms with Crippen molar-refractivity contribution in [3.63, 3.8) is 0 Å². The molecule has 16 rings (SSSR count). The van der Waals surface area contributed by atoms with Crippen LogP contribution in [-0.4, -0.2) is 167 Å². The number of aliphatic hydroxyl groups is 2. The summed E-state index contributed by atoms with van der Waals surface area (Å²) in [5.74, 6) is 0.0539. The molecule has 0 atom stereocenters. The van der Waals surface area contributed by atoms with E-state index in [1.54, 1.807) is 104 Å². The second-order valence-corrected chi connectivity index (χ2v) is 30.0. The number of nitrogens with one attached hydrogen (secondary N) is 6. The van der Waals surface area contributed by atoms with Crippen molar-refractivity contribution in [3.05, 3.63) is 279 Å². The first-order chi connectivity index (χ1) is 59.0. The summed E-state index contributed by atoms with van der Waals surface area (Å²) >= 11 is 1.44. The number of nitrogens with zero attached hydrogens (tertiary/aromatic N) is 10. The summed E-state index contributed by atoms with van der Waals surface area (Å²) in [6.45, 7) is 9.40. The van der Waals surface area contributed by atoms with Crippen LogP contribution in [0.5, 0.6) is 5.75 Å². The zero-order valence-electron chi connectivity index (χ0n) is 66.8. The number of para-hydroxylation sites is 1. The van der Waals surface area contributed by atoms with Crippen LogP contribution in [0.3, 0.4) is 0 Å². The molecule has 35 heteroatoms. The van der Waals surface area contributed by atoms with Crippen molar-refractivity contribution in [2.45, 2.75) is 91.0 Å². The Morgan fingerprint density at radius 2 is 1.13 bits per heavy atom. The van der Waals surface area contributed by atoms with Crippen LogP contribution in [0.15, 0.2) is 207 Å². The Kier molecular flexibility index (Phi) is 29.3. The summed E-state index contributed by atoms with van der Waals surface area (Å²) in [4.78, 5) is 154. The lowest BCUT2D eigenvalue weighted by Crippen LogP contribution is -2.37. The number of benzene rings is 7. The lowest BCUT2D eigenvalue weighted by atomic mass is 9.87. The number of pyridine rings is 1. The number of hydrogen-bond donors (Lipinski definition) is 11. The van der Waals surface area contributed by atoms with Gasteiger partial charge in [-0.15, -0.1) is 0 Å². The fourth-order valence-electron chi connectivity index (χ4n) is 13.9. The van der Waals surface area contributed by atoms with E-state index in [0.717, 1.165) is 51.8 Å². The van der Waals surface area contributed by atoms with Gasteiger partial charge in [-0.1, -0.05) is 110 Å². The number of hydrogen-bond acceptors (Lipinski definition) is 26. The van der Waals surface area contributed by atoms with E-state index in [2.05, 4.69) is 49.9 Å². The lowest BCUT2D eigenvalue weighted by Gasteiger charge is -2.27. The van der Waals surface area contributed by atoms with Crippen molar-refractivity contribution >= 4 is 100 Å². The smallest absolute Gasteiger partial charge is 0.274 e. The fraction of sp³-hybridized carbons (Fsp3) is 0.264. The van der Waals surface area contributed by atoms with Gasteiger partial charge in [-0.05, 0) is 129 Å². The summed E-state index contributed by atoms with van der Waals surface area (Å²) in [5, 5.41) is 51.9.